The zero-order valence-electron chi connectivity index (χ0n) is 19.7. The Balaban J connectivity index is 1.53. The molecule has 2 heterocycles. The van der Waals surface area contributed by atoms with Crippen molar-refractivity contribution in [3.05, 3.63) is 71.3 Å². The van der Waals surface area contributed by atoms with Gasteiger partial charge in [0.25, 0.3) is 5.91 Å². The number of aromatic nitrogens is 3. The number of ether oxygens (including phenoxy) is 1. The molecule has 0 unspecified atom stereocenters. The highest BCUT2D eigenvalue weighted by Crippen LogP contribution is 2.28. The Kier molecular flexibility index (Phi) is 6.43. The molecule has 4 aromatic rings. The molecule has 0 fully saturated rings. The van der Waals surface area contributed by atoms with E-state index < -0.39 is 0 Å². The van der Waals surface area contributed by atoms with Gasteiger partial charge < -0.3 is 15.8 Å². The SMILES string of the molecule is COc1ccccc1/C=N/n1c(N)c(C(=O)NCCC2=CCCCC2)c2nc3ccccc3nc21. The molecule has 8 nitrogen and oxygen atoms in total. The lowest BCUT2D eigenvalue weighted by Gasteiger charge is -2.13. The first-order chi connectivity index (χ1) is 17.2. The van der Waals surface area contributed by atoms with Crippen molar-refractivity contribution in [3.63, 3.8) is 0 Å². The number of fused-ring (bicyclic) bond motifs is 2. The summed E-state index contributed by atoms with van der Waals surface area (Å²) in [5.41, 5.74) is 11.2. The summed E-state index contributed by atoms with van der Waals surface area (Å²) in [6.07, 6.45) is 9.46. The molecule has 0 bridgehead atoms. The van der Waals surface area contributed by atoms with Gasteiger partial charge in [0.2, 0.25) is 0 Å². The van der Waals surface area contributed by atoms with Crippen LogP contribution in [-0.2, 0) is 0 Å². The molecular formula is C27H28N6O2. The first kappa shape index (κ1) is 22.6. The molecule has 35 heavy (non-hydrogen) atoms. The second-order valence-electron chi connectivity index (χ2n) is 8.56. The minimum absolute atomic E-state index is 0.191. The van der Waals surface area contributed by atoms with E-state index in [1.807, 2.05) is 48.5 Å². The predicted octanol–water partition coefficient (Wildman–Crippen LogP) is 4.68. The average molecular weight is 469 g/mol. The molecule has 2 aromatic carbocycles. The number of amides is 1. The second-order valence-corrected chi connectivity index (χ2v) is 8.56. The zero-order chi connectivity index (χ0) is 24.2. The topological polar surface area (TPSA) is 107 Å². The van der Waals surface area contributed by atoms with Crippen LogP contribution in [0.3, 0.4) is 0 Å². The third-order valence-electron chi connectivity index (χ3n) is 6.27. The van der Waals surface area contributed by atoms with Crippen LogP contribution in [0, 0.1) is 0 Å². The fraction of sp³-hybridized carbons (Fsp3) is 0.259. The molecule has 5 rings (SSSR count). The maximum absolute atomic E-state index is 13.3. The number of carbonyl (C=O) groups is 1. The fourth-order valence-electron chi connectivity index (χ4n) is 4.44. The number of para-hydroxylation sites is 3. The second kappa shape index (κ2) is 9.97. The molecule has 1 aliphatic carbocycles. The molecule has 0 radical (unpaired) electrons. The van der Waals surface area contributed by atoms with Gasteiger partial charge in [0.1, 0.15) is 22.6 Å². The summed E-state index contributed by atoms with van der Waals surface area (Å²) in [6.45, 7) is 0.544. The highest BCUT2D eigenvalue weighted by molar-refractivity contribution is 6.10. The molecule has 2 aromatic heterocycles. The maximum atomic E-state index is 13.3. The van der Waals surface area contributed by atoms with Gasteiger partial charge >= 0.3 is 0 Å². The number of hydrogen-bond acceptors (Lipinski definition) is 6. The van der Waals surface area contributed by atoms with Crippen molar-refractivity contribution in [3.8, 4) is 5.75 Å². The Hall–Kier alpha value is -4.20. The number of nitrogen functional groups attached to an aromatic ring is 1. The summed E-state index contributed by atoms with van der Waals surface area (Å²) >= 11 is 0. The molecule has 0 aliphatic heterocycles. The molecule has 3 N–H and O–H groups in total. The Morgan fingerprint density at radius 3 is 2.69 bits per heavy atom. The summed E-state index contributed by atoms with van der Waals surface area (Å²) in [5, 5.41) is 7.59. The fourth-order valence-corrected chi connectivity index (χ4v) is 4.44. The van der Waals surface area contributed by atoms with Gasteiger partial charge in [-0.05, 0) is 56.4 Å². The highest BCUT2D eigenvalue weighted by Gasteiger charge is 2.24. The first-order valence-corrected chi connectivity index (χ1v) is 11.9. The van der Waals surface area contributed by atoms with Gasteiger partial charge in [0, 0.05) is 12.1 Å². The largest absolute Gasteiger partial charge is 0.496 e. The summed E-state index contributed by atoms with van der Waals surface area (Å²) < 4.78 is 6.89. The lowest BCUT2D eigenvalue weighted by Crippen LogP contribution is -2.25. The highest BCUT2D eigenvalue weighted by atomic mass is 16.5. The molecule has 1 amide bonds. The van der Waals surface area contributed by atoms with Crippen LogP contribution in [0.1, 0.15) is 48.0 Å². The van der Waals surface area contributed by atoms with Crippen molar-refractivity contribution in [2.75, 3.05) is 19.4 Å². The molecule has 0 saturated carbocycles. The van der Waals surface area contributed by atoms with E-state index in [-0.39, 0.29) is 17.3 Å². The van der Waals surface area contributed by atoms with E-state index in [1.165, 1.54) is 23.1 Å². The minimum Gasteiger partial charge on any atom is -0.496 e. The smallest absolute Gasteiger partial charge is 0.257 e. The molecule has 0 spiro atoms. The van der Waals surface area contributed by atoms with Crippen LogP contribution in [0.4, 0.5) is 5.82 Å². The van der Waals surface area contributed by atoms with Crippen molar-refractivity contribution in [2.45, 2.75) is 32.1 Å². The summed E-state index contributed by atoms with van der Waals surface area (Å²) in [6, 6.07) is 15.0. The summed E-state index contributed by atoms with van der Waals surface area (Å²) in [4.78, 5) is 22.8. The van der Waals surface area contributed by atoms with Crippen LogP contribution < -0.4 is 15.8 Å². The number of nitrogens with zero attached hydrogens (tertiary/aromatic N) is 4. The molecule has 8 heteroatoms. The van der Waals surface area contributed by atoms with E-state index in [4.69, 9.17) is 20.4 Å². The number of allylic oxidation sites excluding steroid dienone is 1. The Bertz CT molecular complexity index is 1450. The van der Waals surface area contributed by atoms with Gasteiger partial charge in [-0.25, -0.2) is 9.97 Å². The number of nitrogens with two attached hydrogens (primary N) is 1. The number of benzene rings is 2. The Morgan fingerprint density at radius 2 is 1.91 bits per heavy atom. The van der Waals surface area contributed by atoms with Crippen molar-refractivity contribution in [1.29, 1.82) is 0 Å². The Labute approximate surface area is 203 Å². The third kappa shape index (κ3) is 4.59. The number of nitrogens with one attached hydrogen (secondary N) is 1. The van der Waals surface area contributed by atoms with E-state index >= 15 is 0 Å². The molecule has 0 saturated heterocycles. The van der Waals surface area contributed by atoms with Gasteiger partial charge in [-0.3, -0.25) is 4.79 Å². The van der Waals surface area contributed by atoms with Gasteiger partial charge in [-0.1, -0.05) is 35.9 Å². The van der Waals surface area contributed by atoms with Crippen molar-refractivity contribution < 1.29 is 9.53 Å². The number of hydrogen-bond donors (Lipinski definition) is 2. The van der Waals surface area contributed by atoms with E-state index in [2.05, 4.69) is 16.5 Å². The number of methoxy groups -OCH3 is 1. The van der Waals surface area contributed by atoms with Crippen molar-refractivity contribution in [1.82, 2.24) is 20.0 Å². The predicted molar refractivity (Wildman–Crippen MR) is 139 cm³/mol. The van der Waals surface area contributed by atoms with E-state index in [9.17, 15) is 4.79 Å². The molecular weight excluding hydrogens is 440 g/mol. The lowest BCUT2D eigenvalue weighted by atomic mass is 9.97. The maximum Gasteiger partial charge on any atom is 0.257 e. The van der Waals surface area contributed by atoms with Gasteiger partial charge in [-0.2, -0.15) is 9.78 Å². The monoisotopic (exact) mass is 468 g/mol. The van der Waals surface area contributed by atoms with Crippen LogP contribution in [-0.4, -0.2) is 40.4 Å². The third-order valence-corrected chi connectivity index (χ3v) is 6.27. The van der Waals surface area contributed by atoms with Crippen LogP contribution in [0.25, 0.3) is 22.2 Å². The normalized spacial score (nSPS) is 13.9. The number of rotatable bonds is 7. The molecule has 178 valence electrons. The van der Waals surface area contributed by atoms with E-state index in [1.54, 1.807) is 13.3 Å². The molecule has 1 aliphatic rings. The summed E-state index contributed by atoms with van der Waals surface area (Å²) in [5.74, 6) is 0.591. The Morgan fingerprint density at radius 1 is 1.14 bits per heavy atom. The van der Waals surface area contributed by atoms with E-state index in [0.717, 1.165) is 24.8 Å². The number of anilines is 1. The minimum atomic E-state index is -0.278. The van der Waals surface area contributed by atoms with Crippen LogP contribution >= 0.6 is 0 Å². The number of carbonyl (C=O) groups excluding carboxylic acids is 1. The quantitative estimate of drug-likeness (QED) is 0.303. The lowest BCUT2D eigenvalue weighted by molar-refractivity contribution is 0.0956. The van der Waals surface area contributed by atoms with Crippen molar-refractivity contribution >= 4 is 40.1 Å². The van der Waals surface area contributed by atoms with Crippen LogP contribution in [0.15, 0.2) is 65.3 Å². The summed E-state index contributed by atoms with van der Waals surface area (Å²) in [7, 11) is 1.61. The van der Waals surface area contributed by atoms with Gasteiger partial charge in [0.15, 0.2) is 5.65 Å². The van der Waals surface area contributed by atoms with Gasteiger partial charge in [-0.15, -0.1) is 0 Å². The first-order valence-electron chi connectivity index (χ1n) is 11.9. The van der Waals surface area contributed by atoms with E-state index in [0.29, 0.717) is 34.5 Å². The van der Waals surface area contributed by atoms with Gasteiger partial charge in [0.05, 0.1) is 24.4 Å². The average Bonchev–Trinajstić information content (AvgIpc) is 3.16. The van der Waals surface area contributed by atoms with Crippen molar-refractivity contribution in [2.24, 2.45) is 5.10 Å². The zero-order valence-corrected chi connectivity index (χ0v) is 19.7. The van der Waals surface area contributed by atoms with Crippen LogP contribution in [0.5, 0.6) is 5.75 Å². The molecule has 0 atom stereocenters. The van der Waals surface area contributed by atoms with Crippen LogP contribution in [0.2, 0.25) is 0 Å². The standard InChI is InChI=1S/C27H28N6O2/c1-35-22-14-8-5-11-19(22)17-30-33-25(28)23(27(34)29-16-15-18-9-3-2-4-10-18)24-26(33)32-21-13-7-6-12-20(21)31-24/h5-9,11-14,17H,2-4,10,15-16,28H2,1H3,(H,29,34)/b30-17+.